The highest BCUT2D eigenvalue weighted by Crippen LogP contribution is 1.91. The first-order valence-corrected chi connectivity index (χ1v) is 3.62. The Bertz CT molecular complexity index is 196. The molecule has 0 bridgehead atoms. The molecule has 0 saturated heterocycles. The molecular weight excluding hydrogens is 140 g/mol. The van der Waals surface area contributed by atoms with E-state index < -0.39 is 11.1 Å². The van der Waals surface area contributed by atoms with Crippen LogP contribution in [0.2, 0.25) is 0 Å². The Morgan fingerprint density at radius 2 is 2.67 bits per heavy atom. The quantitative estimate of drug-likeness (QED) is 0.583. The molecule has 1 rings (SSSR count). The zero-order valence-electron chi connectivity index (χ0n) is 4.57. The molecule has 0 radical (unpaired) electrons. The van der Waals surface area contributed by atoms with E-state index in [9.17, 15) is 4.21 Å². The number of imidazole rings is 1. The van der Waals surface area contributed by atoms with Gasteiger partial charge in [0, 0.05) is 12.4 Å². The molecule has 2 N–H and O–H groups in total. The average molecular weight is 146 g/mol. The Morgan fingerprint density at radius 3 is 3.11 bits per heavy atom. The van der Waals surface area contributed by atoms with Crippen LogP contribution in [0.25, 0.3) is 0 Å². The van der Waals surface area contributed by atoms with E-state index in [1.807, 2.05) is 0 Å². The summed E-state index contributed by atoms with van der Waals surface area (Å²) in [5.74, 6) is 0.614. The molecule has 50 valence electrons. The third-order valence-electron chi connectivity index (χ3n) is 0.815. The van der Waals surface area contributed by atoms with Crippen molar-refractivity contribution in [2.75, 3.05) is 0 Å². The maximum atomic E-state index is 10.1. The van der Waals surface area contributed by atoms with Gasteiger partial charge in [-0.2, -0.15) is 0 Å². The van der Waals surface area contributed by atoms with E-state index in [1.54, 1.807) is 12.4 Å². The van der Waals surface area contributed by atoms with E-state index in [1.165, 1.54) is 0 Å². The molecule has 1 aromatic rings. The van der Waals surface area contributed by atoms with Crippen LogP contribution < -0.4 is 0 Å². The fraction of sp³-hybridized carbons (Fsp3) is 0.250. The third-order valence-corrected chi connectivity index (χ3v) is 1.34. The largest absolute Gasteiger partial charge is 0.348 e. The second-order valence-electron chi connectivity index (χ2n) is 1.50. The molecule has 0 amide bonds. The summed E-state index contributed by atoms with van der Waals surface area (Å²) in [7, 11) is 0. The highest BCUT2D eigenvalue weighted by atomic mass is 32.2. The summed E-state index contributed by atoms with van der Waals surface area (Å²) in [6, 6.07) is 0. The van der Waals surface area contributed by atoms with Gasteiger partial charge in [-0.15, -0.1) is 0 Å². The number of H-pyrrole nitrogens is 1. The van der Waals surface area contributed by atoms with Crippen molar-refractivity contribution in [2.24, 2.45) is 0 Å². The minimum atomic E-state index is -1.79. The van der Waals surface area contributed by atoms with Gasteiger partial charge in [0.1, 0.15) is 11.6 Å². The minimum absolute atomic E-state index is 0.0764. The molecule has 1 unspecified atom stereocenters. The number of aromatic amines is 1. The van der Waals surface area contributed by atoms with E-state index in [0.29, 0.717) is 5.82 Å². The summed E-state index contributed by atoms with van der Waals surface area (Å²) in [6.45, 7) is 0. The SMILES string of the molecule is O=S(O)Cc1ncc[nH]1. The molecule has 0 aliphatic heterocycles. The fourth-order valence-corrected chi connectivity index (χ4v) is 0.886. The van der Waals surface area contributed by atoms with Crippen molar-refractivity contribution in [1.29, 1.82) is 0 Å². The lowest BCUT2D eigenvalue weighted by Crippen LogP contribution is -1.94. The minimum Gasteiger partial charge on any atom is -0.348 e. The molecule has 1 heterocycles. The van der Waals surface area contributed by atoms with E-state index in [0.717, 1.165) is 0 Å². The summed E-state index contributed by atoms with van der Waals surface area (Å²) < 4.78 is 18.5. The number of nitrogens with one attached hydrogen (secondary N) is 1. The molecule has 0 saturated carbocycles. The molecule has 0 fully saturated rings. The average Bonchev–Trinajstić information content (AvgIpc) is 2.15. The van der Waals surface area contributed by atoms with Gasteiger partial charge in [-0.3, -0.25) is 0 Å². The fourth-order valence-electron chi connectivity index (χ4n) is 0.494. The van der Waals surface area contributed by atoms with Gasteiger partial charge in [0.2, 0.25) is 0 Å². The number of aromatic nitrogens is 2. The predicted octanol–water partition coefficient (Wildman–Crippen LogP) is 0.131. The number of hydrogen-bond donors (Lipinski definition) is 2. The van der Waals surface area contributed by atoms with Crippen LogP contribution in [0.5, 0.6) is 0 Å². The second-order valence-corrected chi connectivity index (χ2v) is 2.43. The van der Waals surface area contributed by atoms with Gasteiger partial charge in [-0.05, 0) is 0 Å². The Balaban J connectivity index is 2.58. The van der Waals surface area contributed by atoms with Crippen molar-refractivity contribution >= 4 is 11.1 Å². The van der Waals surface area contributed by atoms with Crippen molar-refractivity contribution in [1.82, 2.24) is 9.97 Å². The van der Waals surface area contributed by atoms with Crippen molar-refractivity contribution in [3.8, 4) is 0 Å². The lowest BCUT2D eigenvalue weighted by molar-refractivity contribution is 0.562. The molecular formula is C4H6N2O2S. The number of nitrogens with zero attached hydrogens (tertiary/aromatic N) is 1. The molecule has 0 aromatic carbocycles. The standard InChI is InChI=1S/C4H6N2O2S/c7-9(8)3-4-5-1-2-6-4/h1-2H,3H2,(H,5,6)(H,7,8). The van der Waals surface area contributed by atoms with E-state index >= 15 is 0 Å². The van der Waals surface area contributed by atoms with Crippen LogP contribution in [0.15, 0.2) is 12.4 Å². The van der Waals surface area contributed by atoms with Crippen LogP contribution in [-0.4, -0.2) is 18.7 Å². The molecule has 1 atom stereocenters. The first kappa shape index (κ1) is 6.44. The van der Waals surface area contributed by atoms with E-state index in [2.05, 4.69) is 9.97 Å². The molecule has 4 nitrogen and oxygen atoms in total. The number of hydrogen-bond acceptors (Lipinski definition) is 2. The molecule has 9 heavy (non-hydrogen) atoms. The van der Waals surface area contributed by atoms with Gasteiger partial charge in [0.15, 0.2) is 11.1 Å². The topological polar surface area (TPSA) is 66.0 Å². The monoisotopic (exact) mass is 146 g/mol. The number of rotatable bonds is 2. The summed E-state index contributed by atoms with van der Waals surface area (Å²) in [4.78, 5) is 6.45. The van der Waals surface area contributed by atoms with Crippen LogP contribution in [-0.2, 0) is 16.8 Å². The van der Waals surface area contributed by atoms with Crippen LogP contribution in [0.4, 0.5) is 0 Å². The van der Waals surface area contributed by atoms with E-state index in [-0.39, 0.29) is 5.75 Å². The second kappa shape index (κ2) is 2.75. The third kappa shape index (κ3) is 1.95. The smallest absolute Gasteiger partial charge is 0.160 e. The lowest BCUT2D eigenvalue weighted by Gasteiger charge is -1.86. The highest BCUT2D eigenvalue weighted by Gasteiger charge is 1.96. The Morgan fingerprint density at radius 1 is 1.89 bits per heavy atom. The Hall–Kier alpha value is -0.680. The highest BCUT2D eigenvalue weighted by molar-refractivity contribution is 7.78. The molecule has 5 heteroatoms. The van der Waals surface area contributed by atoms with Crippen LogP contribution in [0.3, 0.4) is 0 Å². The van der Waals surface area contributed by atoms with Gasteiger partial charge in [0.25, 0.3) is 0 Å². The van der Waals surface area contributed by atoms with Gasteiger partial charge < -0.3 is 9.54 Å². The molecule has 0 aliphatic carbocycles. The van der Waals surface area contributed by atoms with Crippen molar-refractivity contribution in [3.63, 3.8) is 0 Å². The maximum absolute atomic E-state index is 10.1. The van der Waals surface area contributed by atoms with Crippen molar-refractivity contribution < 1.29 is 8.76 Å². The summed E-state index contributed by atoms with van der Waals surface area (Å²) in [5, 5.41) is 0. The summed E-state index contributed by atoms with van der Waals surface area (Å²) in [6.07, 6.45) is 3.16. The Kier molecular flexibility index (Phi) is 1.96. The molecule has 0 aliphatic rings. The van der Waals surface area contributed by atoms with Crippen LogP contribution in [0.1, 0.15) is 5.82 Å². The van der Waals surface area contributed by atoms with Gasteiger partial charge in [0.05, 0.1) is 0 Å². The normalized spacial score (nSPS) is 13.4. The van der Waals surface area contributed by atoms with E-state index in [4.69, 9.17) is 4.55 Å². The van der Waals surface area contributed by atoms with Gasteiger partial charge in [-0.1, -0.05) is 0 Å². The lowest BCUT2D eigenvalue weighted by atomic mass is 10.7. The zero-order valence-corrected chi connectivity index (χ0v) is 5.39. The van der Waals surface area contributed by atoms with Crippen molar-refractivity contribution in [3.05, 3.63) is 18.2 Å². The van der Waals surface area contributed by atoms with Crippen LogP contribution in [0, 0.1) is 0 Å². The molecule has 1 aromatic heterocycles. The van der Waals surface area contributed by atoms with Crippen LogP contribution >= 0.6 is 0 Å². The van der Waals surface area contributed by atoms with Gasteiger partial charge >= 0.3 is 0 Å². The predicted molar refractivity (Wildman–Crippen MR) is 33.1 cm³/mol. The van der Waals surface area contributed by atoms with Crippen molar-refractivity contribution in [2.45, 2.75) is 5.75 Å². The zero-order chi connectivity index (χ0) is 6.69. The Labute approximate surface area is 54.6 Å². The first-order chi connectivity index (χ1) is 4.29. The maximum Gasteiger partial charge on any atom is 0.160 e. The summed E-state index contributed by atoms with van der Waals surface area (Å²) >= 11 is -1.79. The van der Waals surface area contributed by atoms with Gasteiger partial charge in [-0.25, -0.2) is 9.19 Å². The molecule has 0 spiro atoms. The summed E-state index contributed by atoms with van der Waals surface area (Å²) in [5.41, 5.74) is 0. The first-order valence-electron chi connectivity index (χ1n) is 2.35.